The zero-order chi connectivity index (χ0) is 10.7. The van der Waals surface area contributed by atoms with Gasteiger partial charge in [-0.2, -0.15) is 5.10 Å². The third kappa shape index (κ3) is 2.07. The van der Waals surface area contributed by atoms with Crippen molar-refractivity contribution >= 4 is 5.69 Å². The van der Waals surface area contributed by atoms with Crippen LogP contribution in [0.2, 0.25) is 0 Å². The maximum atomic E-state index is 5.73. The molecule has 78 valence electrons. The van der Waals surface area contributed by atoms with Crippen LogP contribution in [-0.4, -0.2) is 14.8 Å². The first kappa shape index (κ1) is 9.51. The molecule has 0 bridgehead atoms. The predicted molar refractivity (Wildman–Crippen MR) is 56.2 cm³/mol. The molecule has 0 aliphatic carbocycles. The molecule has 1 aromatic heterocycles. The van der Waals surface area contributed by atoms with E-state index in [-0.39, 0.29) is 0 Å². The Morgan fingerprint density at radius 2 is 2.20 bits per heavy atom. The molecule has 0 unspecified atom stereocenters. The molecule has 0 aliphatic heterocycles. The fourth-order valence-electron chi connectivity index (χ4n) is 1.21. The van der Waals surface area contributed by atoms with Crippen molar-refractivity contribution in [3.63, 3.8) is 0 Å². The van der Waals surface area contributed by atoms with Gasteiger partial charge in [-0.25, -0.2) is 4.98 Å². The fraction of sp³-hybridized carbons (Fsp3) is 0.200. The molecule has 0 amide bonds. The number of nitrogen functional groups attached to an aromatic ring is 1. The Bertz CT molecular complexity index is 452. The quantitative estimate of drug-likeness (QED) is 0.757. The molecule has 0 radical (unpaired) electrons. The highest BCUT2D eigenvalue weighted by Crippen LogP contribution is 2.20. The van der Waals surface area contributed by atoms with Crippen LogP contribution in [0.3, 0.4) is 0 Å². The molecule has 0 fully saturated rings. The lowest BCUT2D eigenvalue weighted by atomic mass is 10.3. The highest BCUT2D eigenvalue weighted by Gasteiger charge is 2.03. The van der Waals surface area contributed by atoms with E-state index in [1.807, 2.05) is 25.2 Å². The number of aromatic nitrogens is 3. The average molecular weight is 204 g/mol. The van der Waals surface area contributed by atoms with Crippen LogP contribution in [0, 0.1) is 0 Å². The SMILES string of the molecule is Cn1ncnc1COc1ccccc1N. The van der Waals surface area contributed by atoms with Crippen molar-refractivity contribution < 1.29 is 4.74 Å². The second-order valence-electron chi connectivity index (χ2n) is 3.13. The summed E-state index contributed by atoms with van der Waals surface area (Å²) in [6.07, 6.45) is 1.49. The number of hydrogen-bond donors (Lipinski definition) is 1. The molecule has 15 heavy (non-hydrogen) atoms. The smallest absolute Gasteiger partial charge is 0.164 e. The molecule has 2 N–H and O–H groups in total. The number of ether oxygens (including phenoxy) is 1. The molecule has 0 saturated carbocycles. The van der Waals surface area contributed by atoms with Gasteiger partial charge >= 0.3 is 0 Å². The minimum absolute atomic E-state index is 0.366. The van der Waals surface area contributed by atoms with Crippen molar-refractivity contribution in [3.05, 3.63) is 36.4 Å². The van der Waals surface area contributed by atoms with Gasteiger partial charge in [-0.1, -0.05) is 12.1 Å². The van der Waals surface area contributed by atoms with Gasteiger partial charge in [0.15, 0.2) is 5.82 Å². The van der Waals surface area contributed by atoms with E-state index in [0.29, 0.717) is 18.0 Å². The molecular weight excluding hydrogens is 192 g/mol. The Balaban J connectivity index is 2.06. The molecule has 1 aromatic carbocycles. The molecular formula is C10H12N4O. The molecule has 0 spiro atoms. The van der Waals surface area contributed by atoms with Crippen molar-refractivity contribution in [2.45, 2.75) is 6.61 Å². The summed E-state index contributed by atoms with van der Waals surface area (Å²) in [5, 5.41) is 3.95. The number of nitrogens with two attached hydrogens (primary N) is 1. The Morgan fingerprint density at radius 1 is 1.40 bits per heavy atom. The minimum Gasteiger partial charge on any atom is -0.483 e. The van der Waals surface area contributed by atoms with Crippen molar-refractivity contribution in [1.82, 2.24) is 14.8 Å². The van der Waals surface area contributed by atoms with Crippen LogP contribution in [0.25, 0.3) is 0 Å². The Kier molecular flexibility index (Phi) is 2.53. The Hall–Kier alpha value is -2.04. The van der Waals surface area contributed by atoms with E-state index >= 15 is 0 Å². The lowest BCUT2D eigenvalue weighted by Crippen LogP contribution is -2.05. The van der Waals surface area contributed by atoms with Gasteiger partial charge in [-0.15, -0.1) is 0 Å². The monoisotopic (exact) mass is 204 g/mol. The first-order valence-corrected chi connectivity index (χ1v) is 4.57. The summed E-state index contributed by atoms with van der Waals surface area (Å²) in [5.74, 6) is 1.43. The van der Waals surface area contributed by atoms with E-state index < -0.39 is 0 Å². The average Bonchev–Trinajstić information content (AvgIpc) is 2.63. The largest absolute Gasteiger partial charge is 0.483 e. The van der Waals surface area contributed by atoms with E-state index in [4.69, 9.17) is 10.5 Å². The van der Waals surface area contributed by atoms with Crippen molar-refractivity contribution in [2.75, 3.05) is 5.73 Å². The second kappa shape index (κ2) is 4.00. The third-order valence-corrected chi connectivity index (χ3v) is 2.08. The van der Waals surface area contributed by atoms with Gasteiger partial charge < -0.3 is 10.5 Å². The summed E-state index contributed by atoms with van der Waals surface area (Å²) in [5.41, 5.74) is 6.35. The van der Waals surface area contributed by atoms with Crippen LogP contribution >= 0.6 is 0 Å². The minimum atomic E-state index is 0.366. The first-order chi connectivity index (χ1) is 7.27. The molecule has 0 saturated heterocycles. The molecule has 5 nitrogen and oxygen atoms in total. The van der Waals surface area contributed by atoms with Crippen molar-refractivity contribution in [1.29, 1.82) is 0 Å². The normalized spacial score (nSPS) is 10.2. The van der Waals surface area contributed by atoms with Gasteiger partial charge in [0.2, 0.25) is 0 Å². The van der Waals surface area contributed by atoms with E-state index in [0.717, 1.165) is 5.82 Å². The Labute approximate surface area is 87.5 Å². The predicted octanol–water partition coefficient (Wildman–Crippen LogP) is 0.976. The van der Waals surface area contributed by atoms with Gasteiger partial charge in [-0.3, -0.25) is 4.68 Å². The molecule has 0 aliphatic rings. The van der Waals surface area contributed by atoms with E-state index in [9.17, 15) is 0 Å². The fourth-order valence-corrected chi connectivity index (χ4v) is 1.21. The van der Waals surface area contributed by atoms with Crippen LogP contribution in [0.5, 0.6) is 5.75 Å². The topological polar surface area (TPSA) is 66.0 Å². The number of para-hydroxylation sites is 2. The van der Waals surface area contributed by atoms with E-state index in [1.165, 1.54) is 6.33 Å². The number of benzene rings is 1. The number of nitrogens with zero attached hydrogens (tertiary/aromatic N) is 3. The molecule has 2 aromatic rings. The zero-order valence-electron chi connectivity index (χ0n) is 8.42. The highest BCUT2D eigenvalue weighted by molar-refractivity contribution is 5.51. The highest BCUT2D eigenvalue weighted by atomic mass is 16.5. The number of anilines is 1. The second-order valence-corrected chi connectivity index (χ2v) is 3.13. The summed E-state index contributed by atoms with van der Waals surface area (Å²) in [4.78, 5) is 4.05. The Morgan fingerprint density at radius 3 is 2.87 bits per heavy atom. The third-order valence-electron chi connectivity index (χ3n) is 2.08. The molecule has 5 heteroatoms. The lowest BCUT2D eigenvalue weighted by molar-refractivity contribution is 0.291. The molecule has 1 heterocycles. The molecule has 2 rings (SSSR count). The maximum absolute atomic E-state index is 5.73. The van der Waals surface area contributed by atoms with Crippen LogP contribution in [0.1, 0.15) is 5.82 Å². The molecule has 0 atom stereocenters. The number of rotatable bonds is 3. The summed E-state index contributed by atoms with van der Waals surface area (Å²) in [6, 6.07) is 7.37. The van der Waals surface area contributed by atoms with Crippen molar-refractivity contribution in [3.8, 4) is 5.75 Å². The summed E-state index contributed by atoms with van der Waals surface area (Å²) < 4.78 is 7.18. The first-order valence-electron chi connectivity index (χ1n) is 4.57. The van der Waals surface area contributed by atoms with Crippen molar-refractivity contribution in [2.24, 2.45) is 7.05 Å². The van der Waals surface area contributed by atoms with Gasteiger partial charge in [0.05, 0.1) is 5.69 Å². The van der Waals surface area contributed by atoms with E-state index in [2.05, 4.69) is 10.1 Å². The lowest BCUT2D eigenvalue weighted by Gasteiger charge is -2.07. The van der Waals surface area contributed by atoms with Gasteiger partial charge in [-0.05, 0) is 12.1 Å². The summed E-state index contributed by atoms with van der Waals surface area (Å²) in [7, 11) is 1.82. The van der Waals surface area contributed by atoms with E-state index in [1.54, 1.807) is 10.7 Å². The number of aryl methyl sites for hydroxylation is 1. The van der Waals surface area contributed by atoms with Crippen LogP contribution in [0.15, 0.2) is 30.6 Å². The summed E-state index contributed by atoms with van der Waals surface area (Å²) >= 11 is 0. The van der Waals surface area contributed by atoms with Gasteiger partial charge in [0.25, 0.3) is 0 Å². The van der Waals surface area contributed by atoms with Gasteiger partial charge in [0, 0.05) is 7.05 Å². The van der Waals surface area contributed by atoms with Crippen LogP contribution in [-0.2, 0) is 13.7 Å². The van der Waals surface area contributed by atoms with Crippen LogP contribution < -0.4 is 10.5 Å². The van der Waals surface area contributed by atoms with Gasteiger partial charge in [0.1, 0.15) is 18.7 Å². The standard InChI is InChI=1S/C10H12N4O/c1-14-10(12-7-13-14)6-15-9-5-3-2-4-8(9)11/h2-5,7H,6,11H2,1H3. The zero-order valence-corrected chi connectivity index (χ0v) is 8.42. The maximum Gasteiger partial charge on any atom is 0.164 e. The number of hydrogen-bond acceptors (Lipinski definition) is 4. The summed E-state index contributed by atoms with van der Waals surface area (Å²) in [6.45, 7) is 0.366. The van der Waals surface area contributed by atoms with Crippen LogP contribution in [0.4, 0.5) is 5.69 Å².